The largest absolute Gasteiger partial charge is 0.374 e. The summed E-state index contributed by atoms with van der Waals surface area (Å²) in [6.07, 6.45) is 0.288. The summed E-state index contributed by atoms with van der Waals surface area (Å²) < 4.78 is 7.02. The Morgan fingerprint density at radius 3 is 2.80 bits per heavy atom. The Labute approximate surface area is 130 Å². The minimum Gasteiger partial charge on any atom is -0.374 e. The van der Waals surface area contributed by atoms with E-state index in [2.05, 4.69) is 65.1 Å². The zero-order valence-corrected chi connectivity index (χ0v) is 14.2. The number of hydrogen-bond donors (Lipinski definition) is 1. The Bertz CT molecular complexity index is 425. The fourth-order valence-corrected chi connectivity index (χ4v) is 3.21. The maximum Gasteiger partial charge on any atom is 0.0827 e. The van der Waals surface area contributed by atoms with Gasteiger partial charge in [0.05, 0.1) is 12.7 Å². The number of nitrogens with zero attached hydrogens (tertiary/aromatic N) is 1. The van der Waals surface area contributed by atoms with Crippen LogP contribution in [-0.4, -0.2) is 43.3 Å². The van der Waals surface area contributed by atoms with Gasteiger partial charge in [-0.15, -0.1) is 0 Å². The monoisotopic (exact) mass is 340 g/mol. The van der Waals surface area contributed by atoms with Gasteiger partial charge >= 0.3 is 0 Å². The summed E-state index contributed by atoms with van der Waals surface area (Å²) in [6, 6.07) is 9.29. The summed E-state index contributed by atoms with van der Waals surface area (Å²) in [4.78, 5) is 2.49. The Kier molecular flexibility index (Phi) is 6.02. The maximum absolute atomic E-state index is 5.86. The molecule has 1 unspecified atom stereocenters. The van der Waals surface area contributed by atoms with E-state index in [1.807, 2.05) is 6.07 Å². The summed E-state index contributed by atoms with van der Waals surface area (Å²) in [5.41, 5.74) is 1.30. The predicted molar refractivity (Wildman–Crippen MR) is 87.0 cm³/mol. The van der Waals surface area contributed by atoms with Gasteiger partial charge in [-0.25, -0.2) is 0 Å². The van der Waals surface area contributed by atoms with Gasteiger partial charge in [0.2, 0.25) is 0 Å². The first kappa shape index (κ1) is 16.0. The SMILES string of the molecule is CC(C)N1CCOC(CN[C@@H](C)c2ccccc2Br)C1. The summed E-state index contributed by atoms with van der Waals surface area (Å²) in [5.74, 6) is 0. The molecule has 0 radical (unpaired) electrons. The van der Waals surface area contributed by atoms with E-state index in [4.69, 9.17) is 4.74 Å². The quantitative estimate of drug-likeness (QED) is 0.890. The van der Waals surface area contributed by atoms with Crippen LogP contribution in [0.15, 0.2) is 28.7 Å². The van der Waals surface area contributed by atoms with Crippen molar-refractivity contribution in [2.75, 3.05) is 26.2 Å². The molecule has 3 nitrogen and oxygen atoms in total. The van der Waals surface area contributed by atoms with Gasteiger partial charge in [-0.3, -0.25) is 4.90 Å². The van der Waals surface area contributed by atoms with Crippen molar-refractivity contribution >= 4 is 15.9 Å². The number of halogens is 1. The lowest BCUT2D eigenvalue weighted by molar-refractivity contribution is -0.0380. The molecule has 1 aliphatic rings. The van der Waals surface area contributed by atoms with Crippen molar-refractivity contribution in [3.8, 4) is 0 Å². The normalized spacial score (nSPS) is 22.1. The third kappa shape index (κ3) is 4.29. The molecule has 0 aliphatic carbocycles. The number of nitrogens with one attached hydrogen (secondary N) is 1. The molecule has 0 aromatic heterocycles. The van der Waals surface area contributed by atoms with Crippen LogP contribution < -0.4 is 5.32 Å². The van der Waals surface area contributed by atoms with Crippen molar-refractivity contribution in [1.29, 1.82) is 0 Å². The summed E-state index contributed by atoms with van der Waals surface area (Å²) in [6.45, 7) is 10.5. The molecule has 0 amide bonds. The van der Waals surface area contributed by atoms with E-state index >= 15 is 0 Å². The molecule has 0 bridgehead atoms. The van der Waals surface area contributed by atoms with Crippen LogP contribution in [0.3, 0.4) is 0 Å². The van der Waals surface area contributed by atoms with Gasteiger partial charge in [0.15, 0.2) is 0 Å². The van der Waals surface area contributed by atoms with Gasteiger partial charge in [-0.2, -0.15) is 0 Å². The smallest absolute Gasteiger partial charge is 0.0827 e. The van der Waals surface area contributed by atoms with E-state index in [-0.39, 0.29) is 6.10 Å². The second kappa shape index (κ2) is 7.55. The summed E-state index contributed by atoms with van der Waals surface area (Å²) in [7, 11) is 0. The summed E-state index contributed by atoms with van der Waals surface area (Å²) in [5, 5.41) is 3.59. The van der Waals surface area contributed by atoms with Crippen LogP contribution in [0.1, 0.15) is 32.4 Å². The van der Waals surface area contributed by atoms with Gasteiger partial charge in [0.25, 0.3) is 0 Å². The van der Waals surface area contributed by atoms with Crippen molar-refractivity contribution in [2.45, 2.75) is 39.0 Å². The van der Waals surface area contributed by atoms with Crippen LogP contribution in [0.5, 0.6) is 0 Å². The maximum atomic E-state index is 5.86. The highest BCUT2D eigenvalue weighted by atomic mass is 79.9. The molecule has 2 atom stereocenters. The van der Waals surface area contributed by atoms with Crippen molar-refractivity contribution < 1.29 is 4.74 Å². The molecule has 1 saturated heterocycles. The average Bonchev–Trinajstić information content (AvgIpc) is 2.45. The molecule has 1 aromatic rings. The van der Waals surface area contributed by atoms with Crippen LogP contribution in [0.25, 0.3) is 0 Å². The minimum absolute atomic E-state index is 0.288. The molecule has 0 saturated carbocycles. The predicted octanol–water partition coefficient (Wildman–Crippen LogP) is 3.21. The van der Waals surface area contributed by atoms with Gasteiger partial charge in [0, 0.05) is 36.2 Å². The van der Waals surface area contributed by atoms with Crippen LogP contribution in [0, 0.1) is 0 Å². The first-order chi connectivity index (χ1) is 9.58. The van der Waals surface area contributed by atoms with E-state index in [9.17, 15) is 0 Å². The zero-order chi connectivity index (χ0) is 14.5. The first-order valence-electron chi connectivity index (χ1n) is 7.41. The summed E-state index contributed by atoms with van der Waals surface area (Å²) >= 11 is 3.61. The van der Waals surface area contributed by atoms with E-state index in [1.54, 1.807) is 0 Å². The standard InChI is InChI=1S/C16H25BrN2O/c1-12(2)19-8-9-20-14(11-19)10-18-13(3)15-6-4-5-7-16(15)17/h4-7,12-14,18H,8-11H2,1-3H3/t13-,14?/m0/s1. The molecule has 1 fully saturated rings. The Morgan fingerprint density at radius 2 is 2.10 bits per heavy atom. The molecular formula is C16H25BrN2O. The van der Waals surface area contributed by atoms with Crippen molar-refractivity contribution in [2.24, 2.45) is 0 Å². The minimum atomic E-state index is 0.288. The molecule has 1 N–H and O–H groups in total. The topological polar surface area (TPSA) is 24.5 Å². The third-order valence-corrected chi connectivity index (χ3v) is 4.65. The van der Waals surface area contributed by atoms with Crippen LogP contribution in [0.2, 0.25) is 0 Å². The molecule has 112 valence electrons. The van der Waals surface area contributed by atoms with Crippen LogP contribution in [-0.2, 0) is 4.74 Å². The second-order valence-electron chi connectivity index (χ2n) is 5.73. The lowest BCUT2D eigenvalue weighted by Crippen LogP contribution is -2.49. The van der Waals surface area contributed by atoms with E-state index in [0.717, 1.165) is 30.7 Å². The molecule has 1 aromatic carbocycles. The molecule has 2 rings (SSSR count). The second-order valence-corrected chi connectivity index (χ2v) is 6.59. The van der Waals surface area contributed by atoms with Crippen LogP contribution in [0.4, 0.5) is 0 Å². The fourth-order valence-electron chi connectivity index (χ4n) is 2.58. The number of morpholine rings is 1. The highest BCUT2D eigenvalue weighted by molar-refractivity contribution is 9.10. The van der Waals surface area contributed by atoms with Crippen molar-refractivity contribution in [3.05, 3.63) is 34.3 Å². The number of ether oxygens (including phenoxy) is 1. The lowest BCUT2D eigenvalue weighted by atomic mass is 10.1. The molecule has 20 heavy (non-hydrogen) atoms. The molecular weight excluding hydrogens is 316 g/mol. The molecule has 1 heterocycles. The first-order valence-corrected chi connectivity index (χ1v) is 8.20. The molecule has 4 heteroatoms. The van der Waals surface area contributed by atoms with E-state index in [1.165, 1.54) is 5.56 Å². The Hall–Kier alpha value is -0.420. The van der Waals surface area contributed by atoms with Gasteiger partial charge in [-0.1, -0.05) is 34.1 Å². The fraction of sp³-hybridized carbons (Fsp3) is 0.625. The third-order valence-electron chi connectivity index (χ3n) is 3.92. The highest BCUT2D eigenvalue weighted by Gasteiger charge is 2.22. The van der Waals surface area contributed by atoms with Gasteiger partial charge in [0.1, 0.15) is 0 Å². The number of hydrogen-bond acceptors (Lipinski definition) is 3. The van der Waals surface area contributed by atoms with Crippen molar-refractivity contribution in [3.63, 3.8) is 0 Å². The van der Waals surface area contributed by atoms with E-state index < -0.39 is 0 Å². The Balaban J connectivity index is 1.84. The van der Waals surface area contributed by atoms with Gasteiger partial charge in [-0.05, 0) is 32.4 Å². The zero-order valence-electron chi connectivity index (χ0n) is 12.6. The molecule has 0 spiro atoms. The highest BCUT2D eigenvalue weighted by Crippen LogP contribution is 2.22. The average molecular weight is 341 g/mol. The lowest BCUT2D eigenvalue weighted by Gasteiger charge is -2.36. The van der Waals surface area contributed by atoms with Crippen molar-refractivity contribution in [1.82, 2.24) is 10.2 Å². The van der Waals surface area contributed by atoms with Gasteiger partial charge < -0.3 is 10.1 Å². The number of benzene rings is 1. The molecule has 1 aliphatic heterocycles. The Morgan fingerprint density at radius 1 is 1.35 bits per heavy atom. The van der Waals surface area contributed by atoms with E-state index in [0.29, 0.717) is 12.1 Å². The number of rotatable bonds is 5. The van der Waals surface area contributed by atoms with Crippen LogP contribution >= 0.6 is 15.9 Å².